The van der Waals surface area contributed by atoms with Gasteiger partial charge in [0.05, 0.1) is 23.0 Å². The molecular weight excluding hydrogens is 232 g/mol. The molecule has 1 atom stereocenters. The molecule has 0 aromatic heterocycles. The Morgan fingerprint density at radius 3 is 2.47 bits per heavy atom. The van der Waals surface area contributed by atoms with Gasteiger partial charge in [0.25, 0.3) is 0 Å². The Bertz CT molecular complexity index is 402. The van der Waals surface area contributed by atoms with Crippen molar-refractivity contribution in [3.8, 4) is 6.07 Å². The molecule has 6 heteroatoms. The van der Waals surface area contributed by atoms with E-state index in [-0.39, 0.29) is 21.0 Å². The van der Waals surface area contributed by atoms with Crippen molar-refractivity contribution in [3.05, 3.63) is 0 Å². The van der Waals surface area contributed by atoms with Crippen LogP contribution in [0.1, 0.15) is 13.3 Å². The third kappa shape index (κ3) is 2.25. The summed E-state index contributed by atoms with van der Waals surface area (Å²) in [7, 11) is -3.25. The maximum atomic E-state index is 11.5. The van der Waals surface area contributed by atoms with E-state index in [9.17, 15) is 8.42 Å². The molecule has 4 nitrogen and oxygen atoms in total. The summed E-state index contributed by atoms with van der Waals surface area (Å²) in [6.07, 6.45) is 2.36. The van der Waals surface area contributed by atoms with E-state index >= 15 is 0 Å². The Balaban J connectivity index is 2.76. The summed E-state index contributed by atoms with van der Waals surface area (Å²) < 4.78 is 24.3. The lowest BCUT2D eigenvalue weighted by Gasteiger charge is -2.48. The zero-order valence-electron chi connectivity index (χ0n) is 9.06. The molecular formula is C9H16N2O2S2. The first-order valence-electron chi connectivity index (χ1n) is 4.68. The van der Waals surface area contributed by atoms with Crippen molar-refractivity contribution >= 4 is 26.4 Å². The van der Waals surface area contributed by atoms with Gasteiger partial charge in [-0.3, -0.25) is 0 Å². The second-order valence-corrected chi connectivity index (χ2v) is 8.22. The average molecular weight is 248 g/mol. The predicted molar refractivity (Wildman–Crippen MR) is 64.6 cm³/mol. The van der Waals surface area contributed by atoms with Crippen LogP contribution >= 0.6 is 10.5 Å². The highest BCUT2D eigenvalue weighted by atomic mass is 32.2. The number of nitriles is 1. The first kappa shape index (κ1) is 12.7. The van der Waals surface area contributed by atoms with Crippen molar-refractivity contribution in [3.63, 3.8) is 0 Å². The second kappa shape index (κ2) is 4.24. The van der Waals surface area contributed by atoms with Crippen LogP contribution in [-0.4, -0.2) is 48.4 Å². The van der Waals surface area contributed by atoms with Gasteiger partial charge in [-0.2, -0.15) is 20.1 Å². The first-order chi connectivity index (χ1) is 6.88. The van der Waals surface area contributed by atoms with Gasteiger partial charge >= 0.3 is 0 Å². The van der Waals surface area contributed by atoms with Crippen molar-refractivity contribution in [1.82, 2.24) is 4.31 Å². The van der Waals surface area contributed by atoms with Crippen molar-refractivity contribution < 1.29 is 8.42 Å². The number of sulfonamides is 1. The van der Waals surface area contributed by atoms with Crippen LogP contribution in [0.25, 0.3) is 0 Å². The third-order valence-electron chi connectivity index (χ3n) is 2.83. The molecule has 1 aliphatic rings. The Morgan fingerprint density at radius 1 is 1.60 bits per heavy atom. The molecule has 0 radical (unpaired) electrons. The van der Waals surface area contributed by atoms with E-state index in [1.54, 1.807) is 6.92 Å². The van der Waals surface area contributed by atoms with Gasteiger partial charge in [0.15, 0.2) is 0 Å². The molecule has 0 N–H and O–H groups in total. The van der Waals surface area contributed by atoms with Gasteiger partial charge in [-0.1, -0.05) is 5.87 Å². The number of hydrogen-bond donors (Lipinski definition) is 0. The molecule has 15 heavy (non-hydrogen) atoms. The SMILES string of the molecule is C=S(C)C1(CC#N)CN(S(=O)(=O)CC)C1. The third-order valence-corrected chi connectivity index (χ3v) is 6.48. The topological polar surface area (TPSA) is 61.2 Å². The fourth-order valence-corrected chi connectivity index (χ4v) is 4.05. The quantitative estimate of drug-likeness (QED) is 0.686. The van der Waals surface area contributed by atoms with Crippen LogP contribution in [0.15, 0.2) is 0 Å². The lowest BCUT2D eigenvalue weighted by atomic mass is 9.99. The van der Waals surface area contributed by atoms with E-state index in [1.807, 2.05) is 6.26 Å². The molecule has 1 aliphatic heterocycles. The van der Waals surface area contributed by atoms with Crippen molar-refractivity contribution in [1.29, 1.82) is 5.26 Å². The zero-order valence-corrected chi connectivity index (χ0v) is 10.7. The predicted octanol–water partition coefficient (Wildman–Crippen LogP) is 0.635. The maximum Gasteiger partial charge on any atom is 0.213 e. The van der Waals surface area contributed by atoms with E-state index in [0.717, 1.165) is 0 Å². The van der Waals surface area contributed by atoms with Crippen molar-refractivity contribution in [2.45, 2.75) is 18.1 Å². The molecule has 86 valence electrons. The minimum absolute atomic E-state index is 0.129. The molecule has 1 heterocycles. The van der Waals surface area contributed by atoms with Gasteiger partial charge in [-0.15, -0.1) is 0 Å². The summed E-state index contributed by atoms with van der Waals surface area (Å²) in [6, 6.07) is 2.13. The lowest BCUT2D eigenvalue weighted by molar-refractivity contribution is 0.236. The fraction of sp³-hybridized carbons (Fsp3) is 0.778. The van der Waals surface area contributed by atoms with E-state index in [0.29, 0.717) is 19.5 Å². The molecule has 0 aromatic carbocycles. The largest absolute Gasteiger partial charge is 0.213 e. The summed E-state index contributed by atoms with van der Waals surface area (Å²) >= 11 is 0. The molecule has 1 saturated heterocycles. The van der Waals surface area contributed by atoms with Gasteiger partial charge < -0.3 is 0 Å². The van der Waals surface area contributed by atoms with Gasteiger partial charge in [0, 0.05) is 13.1 Å². The molecule has 1 fully saturated rings. The summed E-state index contributed by atoms with van der Waals surface area (Å²) in [5.74, 6) is 4.08. The molecule has 0 amide bonds. The van der Waals surface area contributed by atoms with Crippen LogP contribution in [0.5, 0.6) is 0 Å². The van der Waals surface area contributed by atoms with E-state index < -0.39 is 10.0 Å². The minimum atomic E-state index is -3.08. The Hall–Kier alpha value is -0.380. The summed E-state index contributed by atoms with van der Waals surface area (Å²) in [5.41, 5.74) is 0. The van der Waals surface area contributed by atoms with E-state index in [2.05, 4.69) is 11.9 Å². The molecule has 0 spiro atoms. The smallest absolute Gasteiger partial charge is 0.212 e. The van der Waals surface area contributed by atoms with Gasteiger partial charge in [0.2, 0.25) is 10.0 Å². The second-order valence-electron chi connectivity index (χ2n) is 3.82. The Kier molecular flexibility index (Phi) is 3.59. The first-order valence-corrected chi connectivity index (χ1v) is 8.09. The van der Waals surface area contributed by atoms with Crippen LogP contribution in [0, 0.1) is 11.3 Å². The summed E-state index contributed by atoms with van der Waals surface area (Å²) in [4.78, 5) is 0. The highest BCUT2D eigenvalue weighted by Crippen LogP contribution is 2.41. The van der Waals surface area contributed by atoms with Gasteiger partial charge in [0.1, 0.15) is 0 Å². The number of hydrogen-bond acceptors (Lipinski definition) is 3. The van der Waals surface area contributed by atoms with Gasteiger partial charge in [-0.25, -0.2) is 8.42 Å². The normalized spacial score (nSPS) is 22.7. The zero-order chi connectivity index (χ0) is 11.7. The summed E-state index contributed by atoms with van der Waals surface area (Å²) in [6.45, 7) is 2.55. The highest BCUT2D eigenvalue weighted by molar-refractivity contribution is 8.14. The molecule has 1 unspecified atom stereocenters. The standard InChI is InChI=1S/C9H16N2O2S2/c1-4-15(12,13)11-7-9(8-11,5-6-10)14(2)3/h2,4-5,7-8H2,1,3H3. The van der Waals surface area contributed by atoms with E-state index in [4.69, 9.17) is 5.26 Å². The molecule has 1 rings (SSSR count). The van der Waals surface area contributed by atoms with Crippen molar-refractivity contribution in [2.75, 3.05) is 25.1 Å². The van der Waals surface area contributed by atoms with Gasteiger partial charge in [-0.05, 0) is 13.2 Å². The van der Waals surface area contributed by atoms with Crippen LogP contribution in [0.4, 0.5) is 0 Å². The Labute approximate surface area is 93.9 Å². The summed E-state index contributed by atoms with van der Waals surface area (Å²) in [5, 5.41) is 8.72. The Morgan fingerprint density at radius 2 is 2.13 bits per heavy atom. The van der Waals surface area contributed by atoms with Crippen LogP contribution < -0.4 is 0 Å². The number of nitrogens with zero attached hydrogens (tertiary/aromatic N) is 2. The van der Waals surface area contributed by atoms with Crippen molar-refractivity contribution in [2.24, 2.45) is 0 Å². The molecule has 0 aliphatic carbocycles. The number of rotatable bonds is 4. The minimum Gasteiger partial charge on any atom is -0.212 e. The molecule has 0 aromatic rings. The van der Waals surface area contributed by atoms with Crippen LogP contribution in [0.3, 0.4) is 0 Å². The monoisotopic (exact) mass is 248 g/mol. The van der Waals surface area contributed by atoms with E-state index in [1.165, 1.54) is 4.31 Å². The average Bonchev–Trinajstić information content (AvgIpc) is 2.09. The highest BCUT2D eigenvalue weighted by Gasteiger charge is 2.47. The fourth-order valence-electron chi connectivity index (χ4n) is 1.58. The molecule has 0 bridgehead atoms. The molecule has 0 saturated carbocycles. The van der Waals surface area contributed by atoms with Crippen LogP contribution in [-0.2, 0) is 10.0 Å². The maximum absolute atomic E-state index is 11.5. The lowest BCUT2D eigenvalue weighted by Crippen LogP contribution is -2.62. The van der Waals surface area contributed by atoms with Crippen LogP contribution in [0.2, 0.25) is 0 Å².